The third-order valence-electron chi connectivity index (χ3n) is 1.56. The minimum absolute atomic E-state index is 1.01. The van der Waals surface area contributed by atoms with Gasteiger partial charge >= 0.3 is 0 Å². The first-order valence-electron chi connectivity index (χ1n) is 3.53. The molecule has 0 aliphatic heterocycles. The lowest BCUT2D eigenvalue weighted by atomic mass is 10.3. The Balaban J connectivity index is 2.50. The Kier molecular flexibility index (Phi) is 2.02. The maximum Gasteiger partial charge on any atom is 0.103 e. The Hall–Kier alpha value is -0.610. The number of aromatic amines is 1. The summed E-state index contributed by atoms with van der Waals surface area (Å²) < 4.78 is 1.11. The minimum Gasteiger partial charge on any atom is -0.282 e. The molecule has 2 heterocycles. The summed E-state index contributed by atoms with van der Waals surface area (Å²) in [6.07, 6.45) is 0. The zero-order valence-corrected chi connectivity index (χ0v) is 8.87. The standard InChI is InChI=1S/C8H7BrN2S/c1-5-4-7(11-10-5)8-6(9)2-3-12-8/h2-4H,1H3,(H,10,11). The van der Waals surface area contributed by atoms with Crippen LogP contribution in [0, 0.1) is 6.92 Å². The molecule has 12 heavy (non-hydrogen) atoms. The van der Waals surface area contributed by atoms with Crippen LogP contribution in [0.5, 0.6) is 0 Å². The molecule has 0 amide bonds. The van der Waals surface area contributed by atoms with Gasteiger partial charge in [0.2, 0.25) is 0 Å². The summed E-state index contributed by atoms with van der Waals surface area (Å²) in [5, 5.41) is 9.14. The number of H-pyrrole nitrogens is 1. The van der Waals surface area contributed by atoms with Gasteiger partial charge in [0.15, 0.2) is 0 Å². The first-order valence-corrected chi connectivity index (χ1v) is 5.20. The molecule has 0 aliphatic carbocycles. The third kappa shape index (κ3) is 1.32. The molecule has 0 spiro atoms. The molecule has 0 saturated heterocycles. The van der Waals surface area contributed by atoms with Gasteiger partial charge in [-0.2, -0.15) is 5.10 Å². The molecule has 0 unspecified atom stereocenters. The molecule has 0 aliphatic rings. The average Bonchev–Trinajstić information content (AvgIpc) is 2.58. The van der Waals surface area contributed by atoms with Crippen LogP contribution >= 0.6 is 27.3 Å². The van der Waals surface area contributed by atoms with Crippen LogP contribution in [0.4, 0.5) is 0 Å². The number of rotatable bonds is 1. The molecular weight excluding hydrogens is 236 g/mol. The lowest BCUT2D eigenvalue weighted by Crippen LogP contribution is -1.72. The number of hydrogen-bond acceptors (Lipinski definition) is 2. The molecule has 62 valence electrons. The van der Waals surface area contributed by atoms with E-state index in [1.165, 1.54) is 4.88 Å². The van der Waals surface area contributed by atoms with Gasteiger partial charge in [-0.05, 0) is 40.4 Å². The maximum atomic E-state index is 4.17. The van der Waals surface area contributed by atoms with Crippen molar-refractivity contribution >= 4 is 27.3 Å². The second-order valence-electron chi connectivity index (χ2n) is 2.53. The highest BCUT2D eigenvalue weighted by Crippen LogP contribution is 2.32. The Morgan fingerprint density at radius 3 is 2.92 bits per heavy atom. The van der Waals surface area contributed by atoms with Crippen molar-refractivity contribution < 1.29 is 0 Å². The fourth-order valence-electron chi connectivity index (χ4n) is 1.01. The fourth-order valence-corrected chi connectivity index (χ4v) is 2.55. The quantitative estimate of drug-likeness (QED) is 0.818. The Morgan fingerprint density at radius 2 is 2.42 bits per heavy atom. The summed E-state index contributed by atoms with van der Waals surface area (Å²) >= 11 is 5.16. The number of nitrogens with zero attached hydrogens (tertiary/aromatic N) is 1. The number of halogens is 1. The van der Waals surface area contributed by atoms with E-state index in [1.807, 2.05) is 24.4 Å². The van der Waals surface area contributed by atoms with E-state index in [2.05, 4.69) is 26.1 Å². The Bertz CT molecular complexity index is 391. The van der Waals surface area contributed by atoms with Gasteiger partial charge in [-0.1, -0.05) is 0 Å². The molecule has 0 aromatic carbocycles. The Morgan fingerprint density at radius 1 is 1.58 bits per heavy atom. The summed E-state index contributed by atoms with van der Waals surface area (Å²) in [7, 11) is 0. The number of hydrogen-bond donors (Lipinski definition) is 1. The summed E-state index contributed by atoms with van der Waals surface area (Å²) in [6, 6.07) is 4.07. The molecule has 2 aromatic heterocycles. The lowest BCUT2D eigenvalue weighted by molar-refractivity contribution is 1.05. The van der Waals surface area contributed by atoms with Crippen LogP contribution in [0.3, 0.4) is 0 Å². The second-order valence-corrected chi connectivity index (χ2v) is 4.30. The van der Waals surface area contributed by atoms with E-state index < -0.39 is 0 Å². The highest BCUT2D eigenvalue weighted by atomic mass is 79.9. The topological polar surface area (TPSA) is 28.7 Å². The molecule has 0 fully saturated rings. The molecular formula is C8H7BrN2S. The minimum atomic E-state index is 1.01. The van der Waals surface area contributed by atoms with Crippen molar-refractivity contribution in [1.82, 2.24) is 10.2 Å². The normalized spacial score (nSPS) is 10.5. The van der Waals surface area contributed by atoms with Crippen LogP contribution in [0.1, 0.15) is 5.69 Å². The van der Waals surface area contributed by atoms with Crippen LogP contribution in [-0.2, 0) is 0 Å². The number of thiophene rings is 1. The largest absolute Gasteiger partial charge is 0.282 e. The zero-order valence-electron chi connectivity index (χ0n) is 6.47. The van der Waals surface area contributed by atoms with Gasteiger partial charge in [-0.25, -0.2) is 0 Å². The first-order chi connectivity index (χ1) is 5.77. The van der Waals surface area contributed by atoms with Crippen molar-refractivity contribution in [2.45, 2.75) is 6.92 Å². The molecule has 0 radical (unpaired) electrons. The predicted octanol–water partition coefficient (Wildman–Crippen LogP) is 3.21. The van der Waals surface area contributed by atoms with Gasteiger partial charge in [-0.3, -0.25) is 5.10 Å². The molecule has 2 nitrogen and oxygen atoms in total. The van der Waals surface area contributed by atoms with Gasteiger partial charge in [0.1, 0.15) is 5.69 Å². The highest BCUT2D eigenvalue weighted by molar-refractivity contribution is 9.10. The number of nitrogens with one attached hydrogen (secondary N) is 1. The van der Waals surface area contributed by atoms with Crippen LogP contribution < -0.4 is 0 Å². The first kappa shape index (κ1) is 8.01. The van der Waals surface area contributed by atoms with Crippen LogP contribution in [0.15, 0.2) is 22.0 Å². The summed E-state index contributed by atoms with van der Waals surface area (Å²) in [5.74, 6) is 0. The predicted molar refractivity (Wildman–Crippen MR) is 54.3 cm³/mol. The third-order valence-corrected chi connectivity index (χ3v) is 3.42. The van der Waals surface area contributed by atoms with E-state index in [1.54, 1.807) is 11.3 Å². The van der Waals surface area contributed by atoms with Gasteiger partial charge < -0.3 is 0 Å². The summed E-state index contributed by atoms with van der Waals surface area (Å²) in [5.41, 5.74) is 2.10. The smallest absolute Gasteiger partial charge is 0.103 e. The molecule has 0 bridgehead atoms. The molecule has 2 rings (SSSR count). The SMILES string of the molecule is Cc1cc(-c2sccc2Br)n[nH]1. The Labute approximate surface area is 82.8 Å². The van der Waals surface area contributed by atoms with Crippen molar-refractivity contribution in [2.75, 3.05) is 0 Å². The molecule has 0 atom stereocenters. The molecule has 0 saturated carbocycles. The van der Waals surface area contributed by atoms with E-state index in [9.17, 15) is 0 Å². The van der Waals surface area contributed by atoms with Crippen molar-refractivity contribution in [2.24, 2.45) is 0 Å². The maximum absolute atomic E-state index is 4.17. The molecule has 4 heteroatoms. The fraction of sp³-hybridized carbons (Fsp3) is 0.125. The van der Waals surface area contributed by atoms with Crippen molar-refractivity contribution in [3.05, 3.63) is 27.7 Å². The van der Waals surface area contributed by atoms with Crippen molar-refractivity contribution in [3.8, 4) is 10.6 Å². The number of aromatic nitrogens is 2. The monoisotopic (exact) mass is 242 g/mol. The van der Waals surface area contributed by atoms with Gasteiger partial charge in [0.05, 0.1) is 4.88 Å². The summed E-state index contributed by atoms with van der Waals surface area (Å²) in [6.45, 7) is 2.00. The van der Waals surface area contributed by atoms with Crippen molar-refractivity contribution in [1.29, 1.82) is 0 Å². The van der Waals surface area contributed by atoms with E-state index in [-0.39, 0.29) is 0 Å². The van der Waals surface area contributed by atoms with E-state index >= 15 is 0 Å². The average molecular weight is 243 g/mol. The van der Waals surface area contributed by atoms with E-state index in [0.29, 0.717) is 0 Å². The lowest BCUT2D eigenvalue weighted by Gasteiger charge is -1.88. The van der Waals surface area contributed by atoms with E-state index in [0.717, 1.165) is 15.9 Å². The van der Waals surface area contributed by atoms with E-state index in [4.69, 9.17) is 0 Å². The van der Waals surface area contributed by atoms with Gasteiger partial charge in [0, 0.05) is 10.2 Å². The van der Waals surface area contributed by atoms with Crippen LogP contribution in [0.2, 0.25) is 0 Å². The number of aryl methyl sites for hydroxylation is 1. The zero-order chi connectivity index (χ0) is 8.55. The van der Waals surface area contributed by atoms with Crippen LogP contribution in [-0.4, -0.2) is 10.2 Å². The van der Waals surface area contributed by atoms with Gasteiger partial charge in [0.25, 0.3) is 0 Å². The molecule has 1 N–H and O–H groups in total. The van der Waals surface area contributed by atoms with Crippen molar-refractivity contribution in [3.63, 3.8) is 0 Å². The summed E-state index contributed by atoms with van der Waals surface area (Å²) in [4.78, 5) is 1.18. The molecule has 2 aromatic rings. The highest BCUT2D eigenvalue weighted by Gasteiger charge is 2.06. The van der Waals surface area contributed by atoms with Gasteiger partial charge in [-0.15, -0.1) is 11.3 Å². The second kappa shape index (κ2) is 3.03. The van der Waals surface area contributed by atoms with Crippen LogP contribution in [0.25, 0.3) is 10.6 Å².